The molecule has 0 spiro atoms. The summed E-state index contributed by atoms with van der Waals surface area (Å²) in [5.74, 6) is 1.29. The predicted octanol–water partition coefficient (Wildman–Crippen LogP) is 3.01. The normalized spacial score (nSPS) is 10.2. The van der Waals surface area contributed by atoms with Crippen molar-refractivity contribution in [2.45, 2.75) is 0 Å². The average Bonchev–Trinajstić information content (AvgIpc) is 3.10. The number of aromatic nitrogens is 2. The van der Waals surface area contributed by atoms with Crippen molar-refractivity contribution in [2.75, 3.05) is 19.5 Å². The Hall–Kier alpha value is -3.35. The Morgan fingerprint density at radius 1 is 1.00 bits per heavy atom. The summed E-state index contributed by atoms with van der Waals surface area (Å²) < 4.78 is 15.7. The van der Waals surface area contributed by atoms with Crippen LogP contribution in [0.2, 0.25) is 0 Å². The lowest BCUT2D eigenvalue weighted by Crippen LogP contribution is -2.11. The van der Waals surface area contributed by atoms with E-state index in [4.69, 9.17) is 13.9 Å². The zero-order valence-corrected chi connectivity index (χ0v) is 13.1. The fourth-order valence-corrected chi connectivity index (χ4v) is 2.06. The molecule has 0 radical (unpaired) electrons. The molecule has 1 amide bonds. The van der Waals surface area contributed by atoms with E-state index in [1.165, 1.54) is 0 Å². The van der Waals surface area contributed by atoms with Gasteiger partial charge in [0.15, 0.2) is 0 Å². The topological polar surface area (TPSA) is 86.5 Å². The molecule has 2 aromatic carbocycles. The molecule has 0 aliphatic rings. The molecule has 0 saturated heterocycles. The first kappa shape index (κ1) is 15.5. The lowest BCUT2D eigenvalue weighted by Gasteiger charge is -2.02. The van der Waals surface area contributed by atoms with E-state index >= 15 is 0 Å². The van der Waals surface area contributed by atoms with Crippen LogP contribution in [0.3, 0.4) is 0 Å². The minimum Gasteiger partial charge on any atom is -0.497 e. The molecule has 0 aliphatic heterocycles. The van der Waals surface area contributed by atoms with E-state index in [1.807, 2.05) is 18.2 Å². The van der Waals surface area contributed by atoms with Gasteiger partial charge in [-0.1, -0.05) is 11.2 Å². The van der Waals surface area contributed by atoms with Crippen molar-refractivity contribution in [3.63, 3.8) is 0 Å². The Bertz CT molecular complexity index is 843. The number of anilines is 1. The van der Waals surface area contributed by atoms with Gasteiger partial charge in [0.25, 0.3) is 5.91 Å². The first-order chi connectivity index (χ1) is 11.7. The maximum absolute atomic E-state index is 12.2. The number of hydrogen-bond acceptors (Lipinski definition) is 6. The summed E-state index contributed by atoms with van der Waals surface area (Å²) >= 11 is 0. The monoisotopic (exact) mass is 325 g/mol. The minimum absolute atomic E-state index is 0.0219. The molecule has 1 heterocycles. The van der Waals surface area contributed by atoms with Gasteiger partial charge in [-0.25, -0.2) is 0 Å². The Labute approximate surface area is 138 Å². The summed E-state index contributed by atoms with van der Waals surface area (Å²) in [6.07, 6.45) is 0. The highest BCUT2D eigenvalue weighted by Crippen LogP contribution is 2.24. The molecular formula is C17H15N3O4. The third kappa shape index (κ3) is 3.35. The number of hydrogen-bond donors (Lipinski definition) is 1. The Kier molecular flexibility index (Phi) is 4.42. The van der Waals surface area contributed by atoms with Gasteiger partial charge in [-0.3, -0.25) is 10.1 Å². The molecule has 0 unspecified atom stereocenters. The second-order valence-corrected chi connectivity index (χ2v) is 4.83. The molecule has 0 bridgehead atoms. The number of nitrogens with zero attached hydrogens (tertiary/aromatic N) is 2. The molecule has 3 aromatic rings. The quantitative estimate of drug-likeness (QED) is 0.776. The van der Waals surface area contributed by atoms with E-state index in [2.05, 4.69) is 15.5 Å². The minimum atomic E-state index is -0.349. The van der Waals surface area contributed by atoms with Gasteiger partial charge < -0.3 is 13.9 Å². The second-order valence-electron chi connectivity index (χ2n) is 4.83. The summed E-state index contributed by atoms with van der Waals surface area (Å²) in [7, 11) is 3.14. The van der Waals surface area contributed by atoms with Crippen LogP contribution in [0.25, 0.3) is 11.5 Å². The van der Waals surface area contributed by atoms with Crippen molar-refractivity contribution in [1.82, 2.24) is 10.2 Å². The summed E-state index contributed by atoms with van der Waals surface area (Å²) in [6.45, 7) is 0. The highest BCUT2D eigenvalue weighted by atomic mass is 16.5. The van der Waals surface area contributed by atoms with Crippen LogP contribution in [0.15, 0.2) is 52.9 Å². The van der Waals surface area contributed by atoms with Crippen LogP contribution in [0.4, 0.5) is 6.01 Å². The Morgan fingerprint density at radius 3 is 2.46 bits per heavy atom. The maximum atomic E-state index is 12.2. The largest absolute Gasteiger partial charge is 0.497 e. The molecule has 0 saturated carbocycles. The highest BCUT2D eigenvalue weighted by molar-refractivity contribution is 6.03. The summed E-state index contributed by atoms with van der Waals surface area (Å²) in [6, 6.07) is 13.9. The lowest BCUT2D eigenvalue weighted by atomic mass is 10.2. The van der Waals surface area contributed by atoms with E-state index in [-0.39, 0.29) is 11.9 Å². The van der Waals surface area contributed by atoms with Crippen LogP contribution in [0.1, 0.15) is 10.4 Å². The van der Waals surface area contributed by atoms with Crippen LogP contribution >= 0.6 is 0 Å². The maximum Gasteiger partial charge on any atom is 0.322 e. The lowest BCUT2D eigenvalue weighted by molar-refractivity contribution is 0.102. The molecular weight excluding hydrogens is 310 g/mol. The Balaban J connectivity index is 1.74. The molecule has 0 atom stereocenters. The van der Waals surface area contributed by atoms with Crippen LogP contribution < -0.4 is 14.8 Å². The number of carbonyl (C=O) groups excluding carboxylic acids is 1. The third-order valence-corrected chi connectivity index (χ3v) is 3.31. The van der Waals surface area contributed by atoms with Crippen molar-refractivity contribution in [2.24, 2.45) is 0 Å². The van der Waals surface area contributed by atoms with Crippen molar-refractivity contribution < 1.29 is 18.7 Å². The van der Waals surface area contributed by atoms with Gasteiger partial charge in [0.05, 0.1) is 14.2 Å². The number of rotatable bonds is 5. The number of ether oxygens (including phenoxy) is 2. The third-order valence-electron chi connectivity index (χ3n) is 3.31. The molecule has 7 nitrogen and oxygen atoms in total. The number of benzene rings is 2. The van der Waals surface area contributed by atoms with Gasteiger partial charge in [-0.05, 0) is 42.5 Å². The van der Waals surface area contributed by atoms with Gasteiger partial charge in [0.2, 0.25) is 5.89 Å². The number of nitrogens with one attached hydrogen (secondary N) is 1. The molecule has 7 heteroatoms. The first-order valence-electron chi connectivity index (χ1n) is 7.13. The van der Waals surface area contributed by atoms with E-state index < -0.39 is 0 Å². The number of carbonyl (C=O) groups is 1. The van der Waals surface area contributed by atoms with Gasteiger partial charge in [0, 0.05) is 11.1 Å². The van der Waals surface area contributed by atoms with Crippen LogP contribution in [0.5, 0.6) is 11.5 Å². The Morgan fingerprint density at radius 2 is 1.75 bits per heavy atom. The molecule has 122 valence electrons. The average molecular weight is 325 g/mol. The van der Waals surface area contributed by atoms with Crippen LogP contribution in [-0.2, 0) is 0 Å². The zero-order chi connectivity index (χ0) is 16.9. The highest BCUT2D eigenvalue weighted by Gasteiger charge is 2.13. The van der Waals surface area contributed by atoms with Crippen molar-refractivity contribution in [1.29, 1.82) is 0 Å². The summed E-state index contributed by atoms with van der Waals surface area (Å²) in [4.78, 5) is 12.2. The fraction of sp³-hybridized carbons (Fsp3) is 0.118. The van der Waals surface area contributed by atoms with Gasteiger partial charge in [0.1, 0.15) is 11.5 Å². The van der Waals surface area contributed by atoms with Gasteiger partial charge in [-0.15, -0.1) is 5.10 Å². The number of methoxy groups -OCH3 is 2. The SMILES string of the molecule is COc1ccc(C(=O)Nc2nnc(-c3cccc(OC)c3)o2)cc1. The van der Waals surface area contributed by atoms with Crippen molar-refractivity contribution in [3.05, 3.63) is 54.1 Å². The first-order valence-corrected chi connectivity index (χ1v) is 7.13. The van der Waals surface area contributed by atoms with Gasteiger partial charge in [-0.2, -0.15) is 0 Å². The molecule has 0 fully saturated rings. The standard InChI is InChI=1S/C17H15N3O4/c1-22-13-8-6-11(7-9-13)15(21)18-17-20-19-16(24-17)12-4-3-5-14(10-12)23-2/h3-10H,1-2H3,(H,18,20,21). The van der Waals surface area contributed by atoms with E-state index in [0.717, 1.165) is 0 Å². The summed E-state index contributed by atoms with van der Waals surface area (Å²) in [5.41, 5.74) is 1.16. The van der Waals surface area contributed by atoms with Crippen molar-refractivity contribution >= 4 is 11.9 Å². The second kappa shape index (κ2) is 6.82. The van der Waals surface area contributed by atoms with E-state index in [0.29, 0.717) is 28.5 Å². The van der Waals surface area contributed by atoms with E-state index in [1.54, 1.807) is 44.6 Å². The van der Waals surface area contributed by atoms with E-state index in [9.17, 15) is 4.79 Å². The van der Waals surface area contributed by atoms with Crippen LogP contribution in [-0.4, -0.2) is 30.3 Å². The summed E-state index contributed by atoms with van der Waals surface area (Å²) in [5, 5.41) is 10.3. The van der Waals surface area contributed by atoms with Crippen LogP contribution in [0, 0.1) is 0 Å². The zero-order valence-electron chi connectivity index (χ0n) is 13.1. The molecule has 1 N–H and O–H groups in total. The molecule has 3 rings (SSSR count). The predicted molar refractivity (Wildman–Crippen MR) is 87.2 cm³/mol. The van der Waals surface area contributed by atoms with Crippen molar-refractivity contribution in [3.8, 4) is 23.0 Å². The smallest absolute Gasteiger partial charge is 0.322 e. The fourth-order valence-electron chi connectivity index (χ4n) is 2.06. The number of amides is 1. The molecule has 24 heavy (non-hydrogen) atoms. The molecule has 1 aromatic heterocycles. The molecule has 0 aliphatic carbocycles. The van der Waals surface area contributed by atoms with Gasteiger partial charge >= 0.3 is 6.01 Å².